The molecule has 0 saturated heterocycles. The lowest BCUT2D eigenvalue weighted by molar-refractivity contribution is -0.137. The number of carboxylic acid groups (broad SMARTS) is 1. The van der Waals surface area contributed by atoms with E-state index in [1.807, 2.05) is 6.07 Å². The molecule has 1 rings (SSSR count). The molecule has 3 N–H and O–H groups in total. The highest BCUT2D eigenvalue weighted by molar-refractivity contribution is 7.80. The molecule has 0 aliphatic rings. The van der Waals surface area contributed by atoms with Crippen LogP contribution >= 0.6 is 12.6 Å². The van der Waals surface area contributed by atoms with Crippen molar-refractivity contribution in [2.45, 2.75) is 17.4 Å². The van der Waals surface area contributed by atoms with Gasteiger partial charge in [0.05, 0.1) is 6.42 Å². The van der Waals surface area contributed by atoms with Gasteiger partial charge in [-0.3, -0.25) is 4.79 Å². The summed E-state index contributed by atoms with van der Waals surface area (Å²) in [6.07, 6.45) is -0.0583. The van der Waals surface area contributed by atoms with Gasteiger partial charge in [-0.2, -0.15) is 0 Å². The predicted octanol–water partition coefficient (Wildman–Crippen LogP) is 1.45. The summed E-state index contributed by atoms with van der Waals surface area (Å²) in [5, 5.41) is 8.52. The fraction of sp³-hybridized carbons (Fsp3) is 0.222. The van der Waals surface area contributed by atoms with Gasteiger partial charge in [0.25, 0.3) is 0 Å². The Hall–Kier alpha value is -1.00. The maximum absolute atomic E-state index is 10.4. The first-order valence-electron chi connectivity index (χ1n) is 3.86. The molecule has 0 radical (unpaired) electrons. The van der Waals surface area contributed by atoms with Gasteiger partial charge in [0.2, 0.25) is 0 Å². The van der Waals surface area contributed by atoms with Crippen molar-refractivity contribution >= 4 is 18.6 Å². The zero-order chi connectivity index (χ0) is 9.84. The van der Waals surface area contributed by atoms with E-state index in [4.69, 9.17) is 10.8 Å². The van der Waals surface area contributed by atoms with E-state index in [0.29, 0.717) is 0 Å². The molecule has 3 nitrogen and oxygen atoms in total. The van der Waals surface area contributed by atoms with Gasteiger partial charge in [-0.25, -0.2) is 0 Å². The Kier molecular flexibility index (Phi) is 3.33. The Morgan fingerprint density at radius 2 is 2.31 bits per heavy atom. The van der Waals surface area contributed by atoms with Gasteiger partial charge < -0.3 is 10.8 Å². The zero-order valence-electron chi connectivity index (χ0n) is 6.97. The van der Waals surface area contributed by atoms with Gasteiger partial charge in [0, 0.05) is 10.9 Å². The lowest BCUT2D eigenvalue weighted by Crippen LogP contribution is -2.14. The van der Waals surface area contributed by atoms with Gasteiger partial charge in [-0.1, -0.05) is 12.1 Å². The second-order valence-corrected chi connectivity index (χ2v) is 3.32. The topological polar surface area (TPSA) is 63.3 Å². The van der Waals surface area contributed by atoms with Crippen LogP contribution in [0.3, 0.4) is 0 Å². The van der Waals surface area contributed by atoms with E-state index in [1.165, 1.54) is 0 Å². The number of hydrogen-bond donors (Lipinski definition) is 3. The lowest BCUT2D eigenvalue weighted by Gasteiger charge is -2.09. The van der Waals surface area contributed by atoms with Gasteiger partial charge in [0.15, 0.2) is 0 Å². The third-order valence-corrected chi connectivity index (χ3v) is 1.97. The maximum atomic E-state index is 10.4. The van der Waals surface area contributed by atoms with Crippen LogP contribution in [0.15, 0.2) is 29.2 Å². The van der Waals surface area contributed by atoms with E-state index in [2.05, 4.69) is 12.6 Å². The summed E-state index contributed by atoms with van der Waals surface area (Å²) in [4.78, 5) is 11.2. The second kappa shape index (κ2) is 4.30. The molecule has 0 heterocycles. The SMILES string of the molecule is N[C@H](CC(=O)O)c1cccc(S)c1. The standard InChI is InChI=1S/C9H11NO2S/c10-8(5-9(11)12)6-2-1-3-7(13)4-6/h1-4,8,13H,5,10H2,(H,11,12)/t8-/m1/s1. The van der Waals surface area contributed by atoms with Gasteiger partial charge in [-0.05, 0) is 17.7 Å². The van der Waals surface area contributed by atoms with Crippen molar-refractivity contribution in [2.75, 3.05) is 0 Å². The molecule has 1 atom stereocenters. The summed E-state index contributed by atoms with van der Waals surface area (Å²) in [6, 6.07) is 6.74. The number of carbonyl (C=O) groups is 1. The molecular formula is C9H11NO2S. The minimum absolute atomic E-state index is 0.0583. The van der Waals surface area contributed by atoms with Crippen molar-refractivity contribution in [1.29, 1.82) is 0 Å². The minimum atomic E-state index is -0.892. The second-order valence-electron chi connectivity index (χ2n) is 2.80. The van der Waals surface area contributed by atoms with Crippen molar-refractivity contribution < 1.29 is 9.90 Å². The minimum Gasteiger partial charge on any atom is -0.481 e. The molecule has 13 heavy (non-hydrogen) atoms. The Bertz CT molecular complexity index is 314. The lowest BCUT2D eigenvalue weighted by atomic mass is 10.1. The van der Waals surface area contributed by atoms with Crippen LogP contribution in [0.2, 0.25) is 0 Å². The summed E-state index contributed by atoms with van der Waals surface area (Å²) in [5.41, 5.74) is 6.45. The van der Waals surface area contributed by atoms with Gasteiger partial charge in [-0.15, -0.1) is 12.6 Å². The Morgan fingerprint density at radius 3 is 2.85 bits per heavy atom. The third kappa shape index (κ3) is 3.08. The number of benzene rings is 1. The van der Waals surface area contributed by atoms with Crippen LogP contribution in [0.25, 0.3) is 0 Å². The molecule has 1 aromatic rings. The van der Waals surface area contributed by atoms with Crippen LogP contribution in [-0.4, -0.2) is 11.1 Å². The van der Waals surface area contributed by atoms with Crippen LogP contribution in [0.5, 0.6) is 0 Å². The van der Waals surface area contributed by atoms with Crippen molar-refractivity contribution in [3.05, 3.63) is 29.8 Å². The first-order valence-corrected chi connectivity index (χ1v) is 4.30. The molecule has 0 unspecified atom stereocenters. The fourth-order valence-corrected chi connectivity index (χ4v) is 1.30. The highest BCUT2D eigenvalue weighted by Gasteiger charge is 2.09. The summed E-state index contributed by atoms with van der Waals surface area (Å²) in [7, 11) is 0. The maximum Gasteiger partial charge on any atom is 0.305 e. The molecule has 70 valence electrons. The van der Waals surface area contributed by atoms with Crippen molar-refractivity contribution in [3.63, 3.8) is 0 Å². The molecule has 0 fully saturated rings. The number of aliphatic carboxylic acids is 1. The quantitative estimate of drug-likeness (QED) is 0.643. The summed E-state index contributed by atoms with van der Waals surface area (Å²) in [6.45, 7) is 0. The summed E-state index contributed by atoms with van der Waals surface area (Å²) in [5.74, 6) is -0.892. The first-order chi connectivity index (χ1) is 6.09. The normalized spacial score (nSPS) is 12.5. The largest absolute Gasteiger partial charge is 0.481 e. The zero-order valence-corrected chi connectivity index (χ0v) is 7.87. The Morgan fingerprint density at radius 1 is 1.62 bits per heavy atom. The van der Waals surface area contributed by atoms with Crippen molar-refractivity contribution in [3.8, 4) is 0 Å². The molecule has 1 aromatic carbocycles. The smallest absolute Gasteiger partial charge is 0.305 e. The number of thiol groups is 1. The van der Waals surface area contributed by atoms with Gasteiger partial charge >= 0.3 is 5.97 Å². The molecule has 0 aliphatic carbocycles. The van der Waals surface area contributed by atoms with Crippen LogP contribution in [0, 0.1) is 0 Å². The average molecular weight is 197 g/mol. The highest BCUT2D eigenvalue weighted by Crippen LogP contribution is 2.17. The molecule has 0 saturated carbocycles. The van der Waals surface area contributed by atoms with Crippen LogP contribution in [-0.2, 0) is 4.79 Å². The summed E-state index contributed by atoms with van der Waals surface area (Å²) >= 11 is 4.14. The Labute approximate surface area is 82.0 Å². The molecule has 0 bridgehead atoms. The molecule has 4 heteroatoms. The number of carboxylic acids is 1. The predicted molar refractivity (Wildman–Crippen MR) is 52.9 cm³/mol. The van der Waals surface area contributed by atoms with E-state index in [9.17, 15) is 4.79 Å². The summed E-state index contributed by atoms with van der Waals surface area (Å²) < 4.78 is 0. The average Bonchev–Trinajstić information content (AvgIpc) is 2.03. The van der Waals surface area contributed by atoms with E-state index in [1.54, 1.807) is 18.2 Å². The molecular weight excluding hydrogens is 186 g/mol. The van der Waals surface area contributed by atoms with Crippen LogP contribution < -0.4 is 5.73 Å². The number of nitrogens with two attached hydrogens (primary N) is 1. The monoisotopic (exact) mass is 197 g/mol. The Balaban J connectivity index is 2.76. The molecule has 0 spiro atoms. The molecule has 0 aliphatic heterocycles. The van der Waals surface area contributed by atoms with E-state index < -0.39 is 12.0 Å². The first kappa shape index (κ1) is 10.1. The van der Waals surface area contributed by atoms with E-state index in [0.717, 1.165) is 10.5 Å². The third-order valence-electron chi connectivity index (χ3n) is 1.69. The molecule has 0 aromatic heterocycles. The number of hydrogen-bond acceptors (Lipinski definition) is 3. The van der Waals surface area contributed by atoms with Crippen LogP contribution in [0.4, 0.5) is 0 Å². The highest BCUT2D eigenvalue weighted by atomic mass is 32.1. The van der Waals surface area contributed by atoms with E-state index in [-0.39, 0.29) is 6.42 Å². The number of rotatable bonds is 3. The fourth-order valence-electron chi connectivity index (χ4n) is 1.06. The van der Waals surface area contributed by atoms with Crippen LogP contribution in [0.1, 0.15) is 18.0 Å². The van der Waals surface area contributed by atoms with Gasteiger partial charge in [0.1, 0.15) is 0 Å². The van der Waals surface area contributed by atoms with Crippen molar-refractivity contribution in [2.24, 2.45) is 5.73 Å². The van der Waals surface area contributed by atoms with E-state index >= 15 is 0 Å². The molecule has 0 amide bonds. The van der Waals surface area contributed by atoms with Crippen molar-refractivity contribution in [1.82, 2.24) is 0 Å².